The van der Waals surface area contributed by atoms with Gasteiger partial charge in [-0.2, -0.15) is 4.98 Å². The summed E-state index contributed by atoms with van der Waals surface area (Å²) < 4.78 is 16.7. The van der Waals surface area contributed by atoms with Crippen LogP contribution < -0.4 is 15.0 Å². The van der Waals surface area contributed by atoms with Gasteiger partial charge in [-0.1, -0.05) is 6.07 Å². The van der Waals surface area contributed by atoms with Crippen molar-refractivity contribution in [3.05, 3.63) is 58.4 Å². The quantitative estimate of drug-likeness (QED) is 0.299. The molecule has 3 aliphatic heterocycles. The third-order valence-corrected chi connectivity index (χ3v) is 8.72. The molecule has 3 aromatic rings. The number of hydrogen-bond donors (Lipinski definition) is 2. The summed E-state index contributed by atoms with van der Waals surface area (Å²) in [5.74, 6) is 2.79. The molecule has 43 heavy (non-hydrogen) atoms. The maximum Gasteiger partial charge on any atom is 0.227 e. The molecule has 0 spiro atoms. The highest BCUT2D eigenvalue weighted by Crippen LogP contribution is 2.30. The van der Waals surface area contributed by atoms with Crippen molar-refractivity contribution in [1.82, 2.24) is 19.9 Å². The molecule has 11 nitrogen and oxygen atoms in total. The van der Waals surface area contributed by atoms with Crippen LogP contribution in [0.5, 0.6) is 5.75 Å². The lowest BCUT2D eigenvalue weighted by Crippen LogP contribution is -2.40. The molecule has 2 aromatic heterocycles. The summed E-state index contributed by atoms with van der Waals surface area (Å²) >= 11 is 0. The number of carbonyl (C=O) groups is 1. The maximum atomic E-state index is 13.3. The number of fused-ring (bicyclic) bond motifs is 1. The minimum atomic E-state index is -0.604. The monoisotopic (exact) mass is 590 g/mol. The number of anilines is 2. The molecular formula is C32H42N6O5. The summed E-state index contributed by atoms with van der Waals surface area (Å²) in [6.07, 6.45) is 5.75. The van der Waals surface area contributed by atoms with Crippen molar-refractivity contribution < 1.29 is 23.8 Å². The molecule has 2 saturated heterocycles. The van der Waals surface area contributed by atoms with Gasteiger partial charge in [0.2, 0.25) is 5.95 Å². The molecule has 1 atom stereocenters. The lowest BCUT2D eigenvalue weighted by Gasteiger charge is -2.31. The standard InChI is InChI=1S/C32H42N6O5/c1-21-26-10-13-37(15-23(26)6-9-29(21)42-19-30-22(2)33-20-43-30)16-25(39)7-8-28(40)27-14-31(34-24-17-41-18-24)36-32(35-27)38-11-4-3-5-12-38/h6,9,14,20,24-25,39H,3-5,7-8,10-13,15-19H2,1-2H3,(H,34,35,36)/t25-/m0/s1. The van der Waals surface area contributed by atoms with E-state index in [0.29, 0.717) is 50.2 Å². The predicted octanol–water partition coefficient (Wildman–Crippen LogP) is 3.84. The van der Waals surface area contributed by atoms with Crippen LogP contribution in [0.15, 0.2) is 29.0 Å². The molecule has 0 saturated carbocycles. The highest BCUT2D eigenvalue weighted by molar-refractivity contribution is 5.95. The van der Waals surface area contributed by atoms with Crippen LogP contribution in [-0.2, 0) is 24.3 Å². The number of β-amino-alcohol motifs (C(OH)–C–C–N with tert-alkyl or cyclic N) is 1. The smallest absolute Gasteiger partial charge is 0.227 e. The van der Waals surface area contributed by atoms with Crippen molar-refractivity contribution in [3.8, 4) is 5.75 Å². The first kappa shape index (κ1) is 29.5. The van der Waals surface area contributed by atoms with Crippen LogP contribution in [0.25, 0.3) is 0 Å². The van der Waals surface area contributed by atoms with Crippen LogP contribution in [0.4, 0.5) is 11.8 Å². The van der Waals surface area contributed by atoms with Crippen molar-refractivity contribution in [2.45, 2.75) is 77.7 Å². The van der Waals surface area contributed by atoms with Gasteiger partial charge in [0, 0.05) is 45.2 Å². The number of rotatable bonds is 12. The zero-order valence-electron chi connectivity index (χ0n) is 25.2. The van der Waals surface area contributed by atoms with Crippen molar-refractivity contribution in [2.75, 3.05) is 49.6 Å². The van der Waals surface area contributed by atoms with E-state index in [1.807, 2.05) is 13.0 Å². The summed E-state index contributed by atoms with van der Waals surface area (Å²) in [6.45, 7) is 9.55. The Morgan fingerprint density at radius 2 is 2.00 bits per heavy atom. The van der Waals surface area contributed by atoms with Gasteiger partial charge in [0.15, 0.2) is 17.9 Å². The Morgan fingerprint density at radius 3 is 2.74 bits per heavy atom. The van der Waals surface area contributed by atoms with E-state index in [1.54, 1.807) is 6.07 Å². The number of benzene rings is 1. The number of ether oxygens (including phenoxy) is 2. The van der Waals surface area contributed by atoms with Gasteiger partial charge < -0.3 is 29.2 Å². The molecule has 5 heterocycles. The first-order chi connectivity index (χ1) is 20.9. The predicted molar refractivity (Wildman–Crippen MR) is 162 cm³/mol. The van der Waals surface area contributed by atoms with Crippen molar-refractivity contribution in [1.29, 1.82) is 0 Å². The molecule has 3 aliphatic rings. The SMILES string of the molecule is Cc1ncoc1COc1ccc2c(c1C)CCN(C[C@@H](O)CCC(=O)c1cc(NC3COC3)nc(N3CCCCC3)n1)C2. The fourth-order valence-corrected chi connectivity index (χ4v) is 6.03. The molecule has 11 heteroatoms. The van der Waals surface area contributed by atoms with E-state index in [4.69, 9.17) is 18.9 Å². The van der Waals surface area contributed by atoms with Crippen LogP contribution in [0, 0.1) is 13.8 Å². The lowest BCUT2D eigenvalue weighted by atomic mass is 9.94. The first-order valence-corrected chi connectivity index (χ1v) is 15.5. The Labute approximate surface area is 252 Å². The second kappa shape index (κ2) is 13.4. The number of aryl methyl sites for hydroxylation is 1. The molecule has 0 amide bonds. The van der Waals surface area contributed by atoms with Crippen LogP contribution in [-0.4, -0.2) is 82.3 Å². The number of piperidine rings is 1. The van der Waals surface area contributed by atoms with Gasteiger partial charge in [-0.15, -0.1) is 0 Å². The third-order valence-electron chi connectivity index (χ3n) is 8.72. The van der Waals surface area contributed by atoms with Crippen LogP contribution in [0.3, 0.4) is 0 Å². The number of aliphatic hydroxyl groups excluding tert-OH is 1. The zero-order chi connectivity index (χ0) is 29.8. The van der Waals surface area contributed by atoms with Crippen molar-refractivity contribution in [2.24, 2.45) is 0 Å². The Morgan fingerprint density at radius 1 is 1.16 bits per heavy atom. The summed E-state index contributed by atoms with van der Waals surface area (Å²) in [4.78, 5) is 31.2. The van der Waals surface area contributed by atoms with E-state index in [0.717, 1.165) is 68.2 Å². The summed E-state index contributed by atoms with van der Waals surface area (Å²) in [5, 5.41) is 14.3. The molecule has 0 bridgehead atoms. The number of oxazole rings is 1. The molecule has 0 radical (unpaired) electrons. The Hall–Kier alpha value is -3.54. The van der Waals surface area contributed by atoms with Gasteiger partial charge in [0.1, 0.15) is 23.9 Å². The molecule has 2 fully saturated rings. The normalized spacial score (nSPS) is 18.2. The zero-order valence-corrected chi connectivity index (χ0v) is 25.2. The average molecular weight is 591 g/mol. The van der Waals surface area contributed by atoms with E-state index in [2.05, 4.69) is 38.1 Å². The largest absolute Gasteiger partial charge is 0.485 e. The molecule has 0 unspecified atom stereocenters. The third kappa shape index (κ3) is 7.17. The fourth-order valence-electron chi connectivity index (χ4n) is 6.03. The Kier molecular flexibility index (Phi) is 9.20. The molecule has 230 valence electrons. The van der Waals surface area contributed by atoms with Gasteiger partial charge in [0.25, 0.3) is 0 Å². The molecule has 1 aromatic carbocycles. The fraction of sp³-hybridized carbons (Fsp3) is 0.562. The number of aromatic nitrogens is 3. The van der Waals surface area contributed by atoms with E-state index in [9.17, 15) is 9.90 Å². The van der Waals surface area contributed by atoms with Gasteiger partial charge in [0.05, 0.1) is 31.1 Å². The number of nitrogens with one attached hydrogen (secondary N) is 1. The molecule has 6 rings (SSSR count). The van der Waals surface area contributed by atoms with Gasteiger partial charge in [-0.05, 0) is 68.7 Å². The van der Waals surface area contributed by atoms with Gasteiger partial charge >= 0.3 is 0 Å². The first-order valence-electron chi connectivity index (χ1n) is 15.5. The summed E-state index contributed by atoms with van der Waals surface area (Å²) in [6, 6.07) is 6.08. The van der Waals surface area contributed by atoms with Crippen molar-refractivity contribution >= 4 is 17.5 Å². The lowest BCUT2D eigenvalue weighted by molar-refractivity contribution is 0.0209. The van der Waals surface area contributed by atoms with Crippen LogP contribution in [0.1, 0.15) is 70.7 Å². The van der Waals surface area contributed by atoms with Gasteiger partial charge in [-0.3, -0.25) is 9.69 Å². The van der Waals surface area contributed by atoms with E-state index in [1.165, 1.54) is 23.9 Å². The van der Waals surface area contributed by atoms with Gasteiger partial charge in [-0.25, -0.2) is 9.97 Å². The Balaban J connectivity index is 1.03. The number of Topliss-reactive ketones (excluding diaryl/α,β-unsaturated/α-hetero) is 1. The number of aliphatic hydroxyl groups is 1. The average Bonchev–Trinajstić information content (AvgIpc) is 3.42. The number of hydrogen-bond acceptors (Lipinski definition) is 11. The van der Waals surface area contributed by atoms with E-state index < -0.39 is 6.10 Å². The highest BCUT2D eigenvalue weighted by atomic mass is 16.5. The summed E-state index contributed by atoms with van der Waals surface area (Å²) in [5.41, 5.74) is 4.95. The molecule has 0 aliphatic carbocycles. The minimum Gasteiger partial charge on any atom is -0.485 e. The van der Waals surface area contributed by atoms with Crippen LogP contribution in [0.2, 0.25) is 0 Å². The molecular weight excluding hydrogens is 548 g/mol. The van der Waals surface area contributed by atoms with E-state index in [-0.39, 0.29) is 18.2 Å². The number of carbonyl (C=O) groups excluding carboxylic acids is 1. The highest BCUT2D eigenvalue weighted by Gasteiger charge is 2.25. The number of nitrogens with zero attached hydrogens (tertiary/aromatic N) is 5. The topological polar surface area (TPSA) is 126 Å². The molecule has 2 N–H and O–H groups in total. The minimum absolute atomic E-state index is 0.0692. The van der Waals surface area contributed by atoms with E-state index >= 15 is 0 Å². The van der Waals surface area contributed by atoms with Crippen molar-refractivity contribution in [3.63, 3.8) is 0 Å². The second-order valence-electron chi connectivity index (χ2n) is 11.9. The second-order valence-corrected chi connectivity index (χ2v) is 11.9. The number of ketones is 1. The summed E-state index contributed by atoms with van der Waals surface area (Å²) in [7, 11) is 0. The van der Waals surface area contributed by atoms with Crippen LogP contribution >= 0.6 is 0 Å². The maximum absolute atomic E-state index is 13.3. The Bertz CT molecular complexity index is 1420.